The SMILES string of the molecule is N#Cc1ccc(NC(=O)c2cccc(B(O)O)c2)cc1. The van der Waals surface area contributed by atoms with Crippen LogP contribution in [0.1, 0.15) is 15.9 Å². The van der Waals surface area contributed by atoms with Crippen LogP contribution in [0.4, 0.5) is 5.69 Å². The monoisotopic (exact) mass is 266 g/mol. The van der Waals surface area contributed by atoms with Gasteiger partial charge in [0, 0.05) is 11.3 Å². The number of carbonyl (C=O) groups is 1. The average molecular weight is 266 g/mol. The maximum atomic E-state index is 12.0. The number of nitrogens with one attached hydrogen (secondary N) is 1. The fraction of sp³-hybridized carbons (Fsp3) is 0. The molecule has 6 heteroatoms. The molecule has 0 spiro atoms. The molecule has 0 saturated carbocycles. The van der Waals surface area contributed by atoms with Gasteiger partial charge in [-0.25, -0.2) is 0 Å². The summed E-state index contributed by atoms with van der Waals surface area (Å²) in [6, 6.07) is 14.5. The zero-order valence-corrected chi connectivity index (χ0v) is 10.4. The Hall–Kier alpha value is -2.62. The van der Waals surface area contributed by atoms with Crippen LogP contribution in [-0.2, 0) is 0 Å². The van der Waals surface area contributed by atoms with Crippen LogP contribution >= 0.6 is 0 Å². The zero-order valence-electron chi connectivity index (χ0n) is 10.4. The smallest absolute Gasteiger partial charge is 0.423 e. The predicted octanol–water partition coefficient (Wildman–Crippen LogP) is 0.490. The molecule has 98 valence electrons. The highest BCUT2D eigenvalue weighted by Crippen LogP contribution is 2.10. The maximum Gasteiger partial charge on any atom is 0.488 e. The van der Waals surface area contributed by atoms with Gasteiger partial charge in [0.15, 0.2) is 0 Å². The molecule has 2 rings (SSSR count). The predicted molar refractivity (Wildman–Crippen MR) is 75.4 cm³/mol. The van der Waals surface area contributed by atoms with Crippen molar-refractivity contribution in [2.24, 2.45) is 0 Å². The minimum absolute atomic E-state index is 0.248. The molecular formula is C14H11BN2O3. The molecule has 3 N–H and O–H groups in total. The molecule has 1 amide bonds. The fourth-order valence-electron chi connectivity index (χ4n) is 1.67. The van der Waals surface area contributed by atoms with Crippen molar-refractivity contribution in [3.63, 3.8) is 0 Å². The average Bonchev–Trinajstić information content (AvgIpc) is 2.48. The van der Waals surface area contributed by atoms with Crippen LogP contribution < -0.4 is 10.8 Å². The summed E-state index contributed by atoms with van der Waals surface area (Å²) in [5, 5.41) is 29.5. The summed E-state index contributed by atoms with van der Waals surface area (Å²) in [7, 11) is -1.61. The number of benzene rings is 2. The molecule has 2 aromatic carbocycles. The second-order valence-electron chi connectivity index (χ2n) is 4.14. The van der Waals surface area contributed by atoms with Crippen LogP contribution in [0.5, 0.6) is 0 Å². The minimum atomic E-state index is -1.61. The highest BCUT2D eigenvalue weighted by Gasteiger charge is 2.13. The number of rotatable bonds is 3. The second kappa shape index (κ2) is 6.02. The van der Waals surface area contributed by atoms with E-state index in [0.29, 0.717) is 16.8 Å². The van der Waals surface area contributed by atoms with Crippen molar-refractivity contribution in [1.82, 2.24) is 0 Å². The highest BCUT2D eigenvalue weighted by molar-refractivity contribution is 6.58. The first kappa shape index (κ1) is 13.8. The van der Waals surface area contributed by atoms with Crippen LogP contribution in [0.15, 0.2) is 48.5 Å². The Balaban J connectivity index is 2.15. The summed E-state index contributed by atoms with van der Waals surface area (Å²) in [5.41, 5.74) is 1.63. The first-order chi connectivity index (χ1) is 9.60. The summed E-state index contributed by atoms with van der Waals surface area (Å²) in [6.07, 6.45) is 0. The molecule has 0 atom stereocenters. The lowest BCUT2D eigenvalue weighted by atomic mass is 9.79. The van der Waals surface area contributed by atoms with Gasteiger partial charge in [-0.2, -0.15) is 5.26 Å². The Kier molecular flexibility index (Phi) is 4.16. The molecule has 0 aliphatic rings. The van der Waals surface area contributed by atoms with E-state index in [9.17, 15) is 4.79 Å². The van der Waals surface area contributed by atoms with Gasteiger partial charge in [-0.05, 0) is 41.9 Å². The van der Waals surface area contributed by atoms with E-state index in [0.717, 1.165) is 0 Å². The van der Waals surface area contributed by atoms with E-state index in [2.05, 4.69) is 5.32 Å². The van der Waals surface area contributed by atoms with E-state index in [4.69, 9.17) is 15.3 Å². The first-order valence-electron chi connectivity index (χ1n) is 5.88. The number of anilines is 1. The molecular weight excluding hydrogens is 255 g/mol. The molecule has 5 nitrogen and oxygen atoms in total. The lowest BCUT2D eigenvalue weighted by Crippen LogP contribution is -2.30. The lowest BCUT2D eigenvalue weighted by Gasteiger charge is -2.06. The van der Waals surface area contributed by atoms with Crippen LogP contribution in [0.3, 0.4) is 0 Å². The van der Waals surface area contributed by atoms with Gasteiger partial charge in [-0.3, -0.25) is 4.79 Å². The largest absolute Gasteiger partial charge is 0.488 e. The van der Waals surface area contributed by atoms with Crippen molar-refractivity contribution in [3.8, 4) is 6.07 Å². The van der Waals surface area contributed by atoms with Crippen molar-refractivity contribution in [3.05, 3.63) is 59.7 Å². The topological polar surface area (TPSA) is 93.4 Å². The summed E-state index contributed by atoms with van der Waals surface area (Å²) in [5.74, 6) is -0.364. The molecule has 2 aromatic rings. The van der Waals surface area contributed by atoms with Crippen molar-refractivity contribution in [2.45, 2.75) is 0 Å². The van der Waals surface area contributed by atoms with Gasteiger partial charge in [0.1, 0.15) is 0 Å². The number of hydrogen-bond acceptors (Lipinski definition) is 4. The summed E-state index contributed by atoms with van der Waals surface area (Å²) in [4.78, 5) is 12.0. The Morgan fingerprint density at radius 2 is 1.85 bits per heavy atom. The van der Waals surface area contributed by atoms with E-state index in [1.165, 1.54) is 12.1 Å². The first-order valence-corrected chi connectivity index (χ1v) is 5.88. The summed E-state index contributed by atoms with van der Waals surface area (Å²) >= 11 is 0. The third-order valence-electron chi connectivity index (χ3n) is 2.72. The number of amides is 1. The van der Waals surface area contributed by atoms with Gasteiger partial charge >= 0.3 is 7.12 Å². The third kappa shape index (κ3) is 3.23. The van der Waals surface area contributed by atoms with Crippen LogP contribution in [0, 0.1) is 11.3 Å². The van der Waals surface area contributed by atoms with Gasteiger partial charge in [-0.15, -0.1) is 0 Å². The van der Waals surface area contributed by atoms with Gasteiger partial charge in [0.2, 0.25) is 0 Å². The van der Waals surface area contributed by atoms with E-state index in [1.54, 1.807) is 36.4 Å². The molecule has 20 heavy (non-hydrogen) atoms. The number of hydrogen-bond donors (Lipinski definition) is 3. The summed E-state index contributed by atoms with van der Waals surface area (Å²) < 4.78 is 0. The zero-order chi connectivity index (χ0) is 14.5. The van der Waals surface area contributed by atoms with Crippen molar-refractivity contribution >= 4 is 24.2 Å². The number of nitriles is 1. The standard InChI is InChI=1S/C14H11BN2O3/c16-9-10-4-6-13(7-5-10)17-14(18)11-2-1-3-12(8-11)15(19)20/h1-8,19-20H,(H,17,18). The molecule has 0 aliphatic carbocycles. The van der Waals surface area contributed by atoms with E-state index >= 15 is 0 Å². The van der Waals surface area contributed by atoms with Crippen molar-refractivity contribution in [2.75, 3.05) is 5.32 Å². The molecule has 0 aromatic heterocycles. The van der Waals surface area contributed by atoms with Gasteiger partial charge in [0.25, 0.3) is 5.91 Å². The molecule has 0 bridgehead atoms. The minimum Gasteiger partial charge on any atom is -0.423 e. The normalized spacial score (nSPS) is 9.65. The van der Waals surface area contributed by atoms with Gasteiger partial charge in [0.05, 0.1) is 11.6 Å². The van der Waals surface area contributed by atoms with E-state index < -0.39 is 7.12 Å². The molecule has 0 aliphatic heterocycles. The highest BCUT2D eigenvalue weighted by atomic mass is 16.4. The number of carbonyl (C=O) groups excluding carboxylic acids is 1. The lowest BCUT2D eigenvalue weighted by molar-refractivity contribution is 0.102. The Morgan fingerprint density at radius 1 is 1.15 bits per heavy atom. The van der Waals surface area contributed by atoms with Crippen LogP contribution in [-0.4, -0.2) is 23.1 Å². The molecule has 0 fully saturated rings. The maximum absolute atomic E-state index is 12.0. The Labute approximate surface area is 116 Å². The molecule has 0 heterocycles. The van der Waals surface area contributed by atoms with Crippen LogP contribution in [0.25, 0.3) is 0 Å². The third-order valence-corrected chi connectivity index (χ3v) is 2.72. The molecule has 0 unspecified atom stereocenters. The summed E-state index contributed by atoms with van der Waals surface area (Å²) in [6.45, 7) is 0. The molecule has 0 saturated heterocycles. The van der Waals surface area contributed by atoms with Crippen molar-refractivity contribution in [1.29, 1.82) is 5.26 Å². The Bertz CT molecular complexity index is 663. The quantitative estimate of drug-likeness (QED) is 0.705. The van der Waals surface area contributed by atoms with Gasteiger partial charge in [-0.1, -0.05) is 12.1 Å². The Morgan fingerprint density at radius 3 is 2.45 bits per heavy atom. The van der Waals surface area contributed by atoms with Crippen LogP contribution in [0.2, 0.25) is 0 Å². The van der Waals surface area contributed by atoms with E-state index in [1.807, 2.05) is 6.07 Å². The van der Waals surface area contributed by atoms with Gasteiger partial charge < -0.3 is 15.4 Å². The second-order valence-corrected chi connectivity index (χ2v) is 4.14. The number of nitrogens with zero attached hydrogens (tertiary/aromatic N) is 1. The van der Waals surface area contributed by atoms with Crippen molar-refractivity contribution < 1.29 is 14.8 Å². The fourth-order valence-corrected chi connectivity index (χ4v) is 1.67. The van der Waals surface area contributed by atoms with E-state index in [-0.39, 0.29) is 11.4 Å². The molecule has 0 radical (unpaired) electrons.